The number of carbonyl (C=O) groups is 1. The van der Waals surface area contributed by atoms with Crippen molar-refractivity contribution in [3.05, 3.63) is 50.6 Å². The molecule has 1 aromatic carbocycles. The number of halogens is 1. The van der Waals surface area contributed by atoms with Crippen molar-refractivity contribution in [2.45, 2.75) is 19.4 Å². The highest BCUT2D eigenvalue weighted by atomic mass is 79.9. The van der Waals surface area contributed by atoms with Crippen molar-refractivity contribution >= 4 is 38.9 Å². The Hall–Kier alpha value is -1.33. The number of amides is 1. The zero-order chi connectivity index (χ0) is 15.4. The first-order valence-corrected chi connectivity index (χ1v) is 8.42. The van der Waals surface area contributed by atoms with Gasteiger partial charge in [0.15, 0.2) is 0 Å². The molecule has 0 saturated heterocycles. The molecule has 0 aliphatic rings. The van der Waals surface area contributed by atoms with Gasteiger partial charge in [-0.25, -0.2) is 0 Å². The first kappa shape index (κ1) is 16.0. The summed E-state index contributed by atoms with van der Waals surface area (Å²) in [7, 11) is 3.55. The van der Waals surface area contributed by atoms with E-state index in [1.54, 1.807) is 30.3 Å². The molecule has 0 bridgehead atoms. The first-order valence-electron chi connectivity index (χ1n) is 6.75. The fourth-order valence-electron chi connectivity index (χ4n) is 1.93. The molecule has 0 fully saturated rings. The van der Waals surface area contributed by atoms with Crippen molar-refractivity contribution in [2.75, 3.05) is 19.4 Å². The summed E-state index contributed by atoms with van der Waals surface area (Å²) in [6.45, 7) is 2.14. The number of hydrogen-bond acceptors (Lipinski definition) is 3. The molecule has 0 saturated carbocycles. The van der Waals surface area contributed by atoms with Crippen LogP contribution in [0.25, 0.3) is 0 Å². The van der Waals surface area contributed by atoms with E-state index in [-0.39, 0.29) is 11.9 Å². The highest BCUT2D eigenvalue weighted by Crippen LogP contribution is 2.27. The van der Waals surface area contributed by atoms with Crippen LogP contribution < -0.4 is 5.32 Å². The number of anilines is 1. The third-order valence-corrected chi connectivity index (χ3v) is 5.08. The Kier molecular flexibility index (Phi) is 5.42. The third kappa shape index (κ3) is 4.58. The van der Waals surface area contributed by atoms with Gasteiger partial charge in [0.1, 0.15) is 0 Å². The van der Waals surface area contributed by atoms with E-state index >= 15 is 0 Å². The second-order valence-electron chi connectivity index (χ2n) is 5.20. The van der Waals surface area contributed by atoms with Crippen LogP contribution in [0.15, 0.2) is 40.2 Å². The predicted molar refractivity (Wildman–Crippen MR) is 92.9 cm³/mol. The molecule has 1 unspecified atom stereocenters. The van der Waals surface area contributed by atoms with Crippen molar-refractivity contribution in [1.82, 2.24) is 4.90 Å². The molecule has 2 rings (SSSR count). The lowest BCUT2D eigenvalue weighted by Crippen LogP contribution is -2.23. The SMILES string of the molecule is CC(Nc1ccc(CC(=O)N(C)C)cc1)c1cc(Br)cs1. The first-order chi connectivity index (χ1) is 9.95. The fourth-order valence-corrected chi connectivity index (χ4v) is 3.38. The van der Waals surface area contributed by atoms with Gasteiger partial charge in [0, 0.05) is 34.5 Å². The number of carbonyl (C=O) groups excluding carboxylic acids is 1. The Morgan fingerprint density at radius 3 is 2.52 bits per heavy atom. The van der Waals surface area contributed by atoms with E-state index in [0.29, 0.717) is 6.42 Å². The molecule has 21 heavy (non-hydrogen) atoms. The van der Waals surface area contributed by atoms with E-state index in [4.69, 9.17) is 0 Å². The average Bonchev–Trinajstić information content (AvgIpc) is 2.87. The van der Waals surface area contributed by atoms with Gasteiger partial charge in [0.05, 0.1) is 12.5 Å². The van der Waals surface area contributed by atoms with Crippen LogP contribution in [0.1, 0.15) is 23.4 Å². The Bertz CT molecular complexity index is 607. The summed E-state index contributed by atoms with van der Waals surface area (Å²) in [4.78, 5) is 14.6. The molecule has 0 spiro atoms. The maximum absolute atomic E-state index is 11.7. The summed E-state index contributed by atoms with van der Waals surface area (Å²) in [5.74, 6) is 0.118. The molecule has 1 aromatic heterocycles. The zero-order valence-corrected chi connectivity index (χ0v) is 14.8. The summed E-state index contributed by atoms with van der Waals surface area (Å²) in [5.41, 5.74) is 2.10. The molecule has 1 atom stereocenters. The number of likely N-dealkylation sites (N-methyl/N-ethyl adjacent to an activating group) is 1. The number of nitrogens with one attached hydrogen (secondary N) is 1. The van der Waals surface area contributed by atoms with Crippen LogP contribution in [0.4, 0.5) is 5.69 Å². The number of hydrogen-bond donors (Lipinski definition) is 1. The monoisotopic (exact) mass is 366 g/mol. The van der Waals surface area contributed by atoms with Crippen LogP contribution in [0.3, 0.4) is 0 Å². The molecule has 3 nitrogen and oxygen atoms in total. The lowest BCUT2D eigenvalue weighted by Gasteiger charge is -2.14. The van der Waals surface area contributed by atoms with Crippen molar-refractivity contribution in [3.8, 4) is 0 Å². The van der Waals surface area contributed by atoms with E-state index in [1.807, 2.05) is 24.3 Å². The Morgan fingerprint density at radius 1 is 1.33 bits per heavy atom. The van der Waals surface area contributed by atoms with Gasteiger partial charge in [-0.1, -0.05) is 12.1 Å². The van der Waals surface area contributed by atoms with Crippen LogP contribution in [-0.2, 0) is 11.2 Å². The molecule has 1 amide bonds. The van der Waals surface area contributed by atoms with E-state index < -0.39 is 0 Å². The molecular weight excluding hydrogens is 348 g/mol. The van der Waals surface area contributed by atoms with E-state index in [0.717, 1.165) is 15.7 Å². The molecule has 5 heteroatoms. The Balaban J connectivity index is 1.97. The maximum Gasteiger partial charge on any atom is 0.226 e. The average molecular weight is 367 g/mol. The topological polar surface area (TPSA) is 32.3 Å². The van der Waals surface area contributed by atoms with Crippen LogP contribution in [0.5, 0.6) is 0 Å². The minimum absolute atomic E-state index is 0.118. The lowest BCUT2D eigenvalue weighted by molar-refractivity contribution is -0.127. The number of nitrogens with zero attached hydrogens (tertiary/aromatic N) is 1. The van der Waals surface area contributed by atoms with Crippen molar-refractivity contribution in [3.63, 3.8) is 0 Å². The molecule has 0 aliphatic carbocycles. The highest BCUT2D eigenvalue weighted by molar-refractivity contribution is 9.10. The van der Waals surface area contributed by atoms with Gasteiger partial charge >= 0.3 is 0 Å². The standard InChI is InChI=1S/C16H19BrN2OS/c1-11(15-9-13(17)10-21-15)18-14-6-4-12(5-7-14)8-16(20)19(2)3/h4-7,9-11,18H,8H2,1-3H3. The van der Waals surface area contributed by atoms with Crippen molar-refractivity contribution in [1.29, 1.82) is 0 Å². The van der Waals surface area contributed by atoms with Gasteiger partial charge in [0.25, 0.3) is 0 Å². The summed E-state index contributed by atoms with van der Waals surface area (Å²) in [6, 6.07) is 10.4. The van der Waals surface area contributed by atoms with Gasteiger partial charge in [-0.2, -0.15) is 0 Å². The maximum atomic E-state index is 11.7. The quantitative estimate of drug-likeness (QED) is 0.854. The minimum Gasteiger partial charge on any atom is -0.378 e. The summed E-state index contributed by atoms with van der Waals surface area (Å²) < 4.78 is 1.12. The van der Waals surface area contributed by atoms with Gasteiger partial charge < -0.3 is 10.2 Å². The molecule has 1 heterocycles. The minimum atomic E-state index is 0.118. The van der Waals surface area contributed by atoms with Gasteiger partial charge in [-0.05, 0) is 46.6 Å². The Labute approximate surface area is 138 Å². The number of rotatable bonds is 5. The van der Waals surface area contributed by atoms with Crippen LogP contribution in [0, 0.1) is 0 Å². The molecular formula is C16H19BrN2OS. The highest BCUT2D eigenvalue weighted by Gasteiger charge is 2.09. The molecule has 112 valence electrons. The van der Waals surface area contributed by atoms with Crippen molar-refractivity contribution in [2.24, 2.45) is 0 Å². The molecule has 2 aromatic rings. The third-order valence-electron chi connectivity index (χ3n) is 3.21. The molecule has 0 aliphatic heterocycles. The van der Waals surface area contributed by atoms with Gasteiger partial charge in [-0.3, -0.25) is 4.79 Å². The fraction of sp³-hybridized carbons (Fsp3) is 0.312. The van der Waals surface area contributed by atoms with E-state index in [1.165, 1.54) is 4.88 Å². The molecule has 1 N–H and O–H groups in total. The number of thiophene rings is 1. The summed E-state index contributed by atoms with van der Waals surface area (Å²) >= 11 is 5.21. The smallest absolute Gasteiger partial charge is 0.226 e. The molecule has 0 radical (unpaired) electrons. The Morgan fingerprint density at radius 2 is 2.00 bits per heavy atom. The van der Waals surface area contributed by atoms with Crippen molar-refractivity contribution < 1.29 is 4.79 Å². The van der Waals surface area contributed by atoms with Crippen LogP contribution in [0.2, 0.25) is 0 Å². The summed E-state index contributed by atoms with van der Waals surface area (Å²) in [6.07, 6.45) is 0.445. The summed E-state index contributed by atoms with van der Waals surface area (Å²) in [5, 5.41) is 5.56. The van der Waals surface area contributed by atoms with Gasteiger partial charge in [0.2, 0.25) is 5.91 Å². The second kappa shape index (κ2) is 7.09. The van der Waals surface area contributed by atoms with E-state index in [9.17, 15) is 4.79 Å². The van der Waals surface area contributed by atoms with Crippen LogP contribution >= 0.6 is 27.3 Å². The normalized spacial score (nSPS) is 12.0. The second-order valence-corrected chi connectivity index (χ2v) is 7.05. The zero-order valence-electron chi connectivity index (χ0n) is 12.4. The lowest BCUT2D eigenvalue weighted by atomic mass is 10.1. The predicted octanol–water partition coefficient (Wildman–Crippen LogP) is 4.31. The largest absolute Gasteiger partial charge is 0.378 e. The van der Waals surface area contributed by atoms with E-state index in [2.05, 4.69) is 39.6 Å². The van der Waals surface area contributed by atoms with Gasteiger partial charge in [-0.15, -0.1) is 11.3 Å². The van der Waals surface area contributed by atoms with Crippen LogP contribution in [-0.4, -0.2) is 24.9 Å². The number of benzene rings is 1.